The van der Waals surface area contributed by atoms with Gasteiger partial charge in [0.25, 0.3) is 0 Å². The van der Waals surface area contributed by atoms with Crippen LogP contribution in [0.3, 0.4) is 0 Å². The van der Waals surface area contributed by atoms with E-state index in [1.165, 1.54) is 24.1 Å². The maximum absolute atomic E-state index is 5.68. The smallest absolute Gasteiger partial charge is 0.0110 e. The Kier molecular flexibility index (Phi) is 2.60. The lowest BCUT2D eigenvalue weighted by Gasteiger charge is -2.56. The molecule has 0 aromatic carbocycles. The minimum absolute atomic E-state index is 0.590. The van der Waals surface area contributed by atoms with Gasteiger partial charge >= 0.3 is 0 Å². The van der Waals surface area contributed by atoms with Crippen LogP contribution in [-0.4, -0.2) is 6.54 Å². The minimum atomic E-state index is 0.590. The molecule has 1 heterocycles. The van der Waals surface area contributed by atoms with Crippen LogP contribution in [0.15, 0.2) is 12.1 Å². The highest BCUT2D eigenvalue weighted by atomic mass is 32.1. The molecule has 2 N–H and O–H groups in total. The lowest BCUT2D eigenvalue weighted by atomic mass is 9.49. The van der Waals surface area contributed by atoms with E-state index in [1.54, 1.807) is 24.1 Å². The van der Waals surface area contributed by atoms with Gasteiger partial charge in [0.15, 0.2) is 0 Å². The average molecular weight is 261 g/mol. The van der Waals surface area contributed by atoms with Gasteiger partial charge in [0.1, 0.15) is 0 Å². The van der Waals surface area contributed by atoms with Crippen LogP contribution in [0.2, 0.25) is 0 Å². The molecular formula is C16H23NS. The van der Waals surface area contributed by atoms with Gasteiger partial charge < -0.3 is 5.73 Å². The maximum Gasteiger partial charge on any atom is 0.0110 e. The van der Waals surface area contributed by atoms with E-state index in [0.717, 1.165) is 30.7 Å². The number of thiophene rings is 1. The van der Waals surface area contributed by atoms with Crippen LogP contribution >= 0.6 is 11.3 Å². The van der Waals surface area contributed by atoms with Crippen LogP contribution in [0.5, 0.6) is 0 Å². The van der Waals surface area contributed by atoms with Gasteiger partial charge in [-0.15, -0.1) is 11.3 Å². The topological polar surface area (TPSA) is 26.0 Å². The molecule has 0 atom stereocenters. The number of hydrogen-bond donors (Lipinski definition) is 1. The van der Waals surface area contributed by atoms with Crippen molar-refractivity contribution in [3.8, 4) is 0 Å². The highest BCUT2D eigenvalue weighted by Crippen LogP contribution is 2.61. The van der Waals surface area contributed by atoms with Crippen molar-refractivity contribution in [3.63, 3.8) is 0 Å². The molecule has 0 saturated heterocycles. The molecule has 4 aliphatic carbocycles. The molecule has 1 nitrogen and oxygen atoms in total. The van der Waals surface area contributed by atoms with Crippen molar-refractivity contribution < 1.29 is 0 Å². The Balaban J connectivity index is 1.66. The summed E-state index contributed by atoms with van der Waals surface area (Å²) in [6.45, 7) is 0.792. The van der Waals surface area contributed by atoms with Crippen molar-refractivity contribution in [1.29, 1.82) is 0 Å². The third-order valence-corrected chi connectivity index (χ3v) is 7.00. The molecule has 0 spiro atoms. The van der Waals surface area contributed by atoms with E-state index in [9.17, 15) is 0 Å². The predicted octanol–water partition coefficient (Wildman–Crippen LogP) is 3.72. The van der Waals surface area contributed by atoms with E-state index >= 15 is 0 Å². The maximum atomic E-state index is 5.68. The lowest BCUT2D eigenvalue weighted by molar-refractivity contribution is -0.00346. The van der Waals surface area contributed by atoms with Crippen molar-refractivity contribution in [3.05, 3.63) is 21.9 Å². The average Bonchev–Trinajstić information content (AvgIpc) is 2.77. The molecular weight excluding hydrogens is 238 g/mol. The normalized spacial score (nSPS) is 41.5. The molecule has 0 radical (unpaired) electrons. The van der Waals surface area contributed by atoms with Crippen LogP contribution in [-0.2, 0) is 11.8 Å². The zero-order chi connectivity index (χ0) is 12.2. The Morgan fingerprint density at radius 3 is 2.22 bits per heavy atom. The second-order valence-electron chi connectivity index (χ2n) is 7.00. The quantitative estimate of drug-likeness (QED) is 0.882. The van der Waals surface area contributed by atoms with Crippen molar-refractivity contribution in [2.24, 2.45) is 23.5 Å². The van der Waals surface area contributed by atoms with E-state index in [4.69, 9.17) is 5.73 Å². The summed E-state index contributed by atoms with van der Waals surface area (Å²) in [4.78, 5) is 3.20. The van der Waals surface area contributed by atoms with Gasteiger partial charge in [-0.05, 0) is 81.4 Å². The number of hydrogen-bond acceptors (Lipinski definition) is 2. The van der Waals surface area contributed by atoms with E-state index < -0.39 is 0 Å². The van der Waals surface area contributed by atoms with Gasteiger partial charge in [-0.2, -0.15) is 0 Å². The van der Waals surface area contributed by atoms with Gasteiger partial charge in [0.05, 0.1) is 0 Å². The van der Waals surface area contributed by atoms with Crippen LogP contribution in [0, 0.1) is 17.8 Å². The Morgan fingerprint density at radius 2 is 1.67 bits per heavy atom. The molecule has 4 bridgehead atoms. The van der Waals surface area contributed by atoms with E-state index in [-0.39, 0.29) is 0 Å². The van der Waals surface area contributed by atoms with Gasteiger partial charge in [0, 0.05) is 15.2 Å². The second kappa shape index (κ2) is 4.08. The first kappa shape index (κ1) is 11.5. The molecule has 98 valence electrons. The predicted molar refractivity (Wildman–Crippen MR) is 76.9 cm³/mol. The Bertz CT molecular complexity index is 412. The summed E-state index contributed by atoms with van der Waals surface area (Å²) in [6, 6.07) is 4.77. The first-order valence-corrected chi connectivity index (χ1v) is 8.38. The molecule has 0 aliphatic heterocycles. The van der Waals surface area contributed by atoms with Crippen molar-refractivity contribution in [2.45, 2.75) is 50.4 Å². The Morgan fingerprint density at radius 1 is 1.06 bits per heavy atom. The fraction of sp³-hybridized carbons (Fsp3) is 0.750. The number of nitrogens with two attached hydrogens (primary N) is 1. The van der Waals surface area contributed by atoms with Crippen LogP contribution in [0.4, 0.5) is 0 Å². The standard InChI is InChI=1S/C16H23NS/c17-4-3-14-1-2-15(18-14)16-8-11-5-12(9-16)7-13(6-11)10-16/h1-2,11-13H,3-10,17H2. The minimum Gasteiger partial charge on any atom is -0.330 e. The molecule has 0 unspecified atom stereocenters. The van der Waals surface area contributed by atoms with E-state index in [2.05, 4.69) is 23.5 Å². The summed E-state index contributed by atoms with van der Waals surface area (Å²) in [5.74, 6) is 3.16. The molecule has 2 heteroatoms. The van der Waals surface area contributed by atoms with Crippen LogP contribution < -0.4 is 5.73 Å². The highest BCUT2D eigenvalue weighted by molar-refractivity contribution is 7.12. The van der Waals surface area contributed by atoms with E-state index in [1.807, 2.05) is 0 Å². The highest BCUT2D eigenvalue weighted by Gasteiger charge is 2.52. The fourth-order valence-corrected chi connectivity index (χ4v) is 6.59. The van der Waals surface area contributed by atoms with Crippen molar-refractivity contribution in [1.82, 2.24) is 0 Å². The second-order valence-corrected chi connectivity index (χ2v) is 8.17. The first-order chi connectivity index (χ1) is 8.77. The van der Waals surface area contributed by atoms with Crippen LogP contribution in [0.25, 0.3) is 0 Å². The molecule has 5 rings (SSSR count). The summed E-state index contributed by atoms with van der Waals surface area (Å²) in [5, 5.41) is 0. The largest absolute Gasteiger partial charge is 0.330 e. The van der Waals surface area contributed by atoms with Gasteiger partial charge in [-0.1, -0.05) is 0 Å². The summed E-state index contributed by atoms with van der Waals surface area (Å²) in [7, 11) is 0. The van der Waals surface area contributed by atoms with Gasteiger partial charge in [-0.25, -0.2) is 0 Å². The van der Waals surface area contributed by atoms with Crippen LogP contribution in [0.1, 0.15) is 48.3 Å². The third-order valence-electron chi connectivity index (χ3n) is 5.61. The molecule has 1 aromatic heterocycles. The summed E-state index contributed by atoms with van der Waals surface area (Å²) in [6.07, 6.45) is 10.2. The zero-order valence-electron chi connectivity index (χ0n) is 11.0. The van der Waals surface area contributed by atoms with E-state index in [0.29, 0.717) is 5.41 Å². The summed E-state index contributed by atoms with van der Waals surface area (Å²) >= 11 is 2.07. The molecule has 0 amide bonds. The van der Waals surface area contributed by atoms with Gasteiger partial charge in [-0.3, -0.25) is 0 Å². The zero-order valence-corrected chi connectivity index (χ0v) is 11.8. The number of rotatable bonds is 3. The van der Waals surface area contributed by atoms with Crippen molar-refractivity contribution in [2.75, 3.05) is 6.54 Å². The lowest BCUT2D eigenvalue weighted by Crippen LogP contribution is -2.48. The Hall–Kier alpha value is -0.340. The molecule has 4 saturated carbocycles. The summed E-state index contributed by atoms with van der Waals surface area (Å²) in [5.41, 5.74) is 6.27. The Labute approximate surface area is 114 Å². The third kappa shape index (κ3) is 1.69. The molecule has 1 aromatic rings. The van der Waals surface area contributed by atoms with Gasteiger partial charge in [0.2, 0.25) is 0 Å². The fourth-order valence-electron chi connectivity index (χ4n) is 5.35. The molecule has 4 fully saturated rings. The molecule has 18 heavy (non-hydrogen) atoms. The first-order valence-electron chi connectivity index (χ1n) is 7.57. The molecule has 4 aliphatic rings. The van der Waals surface area contributed by atoms with Crippen molar-refractivity contribution >= 4 is 11.3 Å². The SMILES string of the molecule is NCCc1ccc(C23CC4CC(CC(C4)C2)C3)s1. The monoisotopic (exact) mass is 261 g/mol. The summed E-state index contributed by atoms with van der Waals surface area (Å²) < 4.78 is 0.